The van der Waals surface area contributed by atoms with Crippen LogP contribution >= 0.6 is 11.6 Å². The van der Waals surface area contributed by atoms with Gasteiger partial charge < -0.3 is 16.0 Å². The van der Waals surface area contributed by atoms with E-state index >= 15 is 0 Å². The molecular formula is C19H18ClF2N3O2. The van der Waals surface area contributed by atoms with Gasteiger partial charge in [-0.05, 0) is 49.2 Å². The first-order valence-electron chi connectivity index (χ1n) is 8.45. The van der Waals surface area contributed by atoms with Crippen LogP contribution in [0, 0.1) is 17.6 Å². The highest BCUT2D eigenvalue weighted by Gasteiger charge is 2.25. The molecule has 1 unspecified atom stereocenters. The molecule has 3 N–H and O–H groups in total. The fourth-order valence-corrected chi connectivity index (χ4v) is 3.31. The number of nitrogens with one attached hydrogen (secondary N) is 1. The lowest BCUT2D eigenvalue weighted by Gasteiger charge is -2.33. The summed E-state index contributed by atoms with van der Waals surface area (Å²) >= 11 is 5.78. The predicted octanol–water partition coefficient (Wildman–Crippen LogP) is 3.57. The largest absolute Gasteiger partial charge is 0.369 e. The van der Waals surface area contributed by atoms with E-state index in [-0.39, 0.29) is 22.2 Å². The number of hydrogen-bond acceptors (Lipinski definition) is 3. The molecule has 27 heavy (non-hydrogen) atoms. The molecule has 1 aliphatic rings. The van der Waals surface area contributed by atoms with Crippen LogP contribution in [0.5, 0.6) is 0 Å². The van der Waals surface area contributed by atoms with Gasteiger partial charge in [-0.2, -0.15) is 0 Å². The molecule has 0 radical (unpaired) electrons. The second-order valence-electron chi connectivity index (χ2n) is 6.43. The summed E-state index contributed by atoms with van der Waals surface area (Å²) in [5.74, 6) is -2.71. The quantitative estimate of drug-likeness (QED) is 0.833. The highest BCUT2D eigenvalue weighted by Crippen LogP contribution is 2.28. The zero-order valence-corrected chi connectivity index (χ0v) is 15.1. The topological polar surface area (TPSA) is 75.4 Å². The van der Waals surface area contributed by atoms with Gasteiger partial charge in [0.05, 0.1) is 17.2 Å². The average Bonchev–Trinajstić information content (AvgIpc) is 2.64. The Kier molecular flexibility index (Phi) is 5.60. The summed E-state index contributed by atoms with van der Waals surface area (Å²) in [6, 6.07) is 7.82. The van der Waals surface area contributed by atoms with E-state index in [1.807, 2.05) is 0 Å². The van der Waals surface area contributed by atoms with Crippen molar-refractivity contribution in [1.29, 1.82) is 0 Å². The molecule has 8 heteroatoms. The van der Waals surface area contributed by atoms with E-state index in [9.17, 15) is 18.4 Å². The number of halogens is 3. The maximum absolute atomic E-state index is 14.6. The van der Waals surface area contributed by atoms with Gasteiger partial charge in [0.1, 0.15) is 11.6 Å². The molecule has 1 heterocycles. The van der Waals surface area contributed by atoms with E-state index in [1.165, 1.54) is 24.3 Å². The molecule has 1 fully saturated rings. The molecule has 1 atom stereocenters. The number of benzene rings is 2. The molecule has 3 rings (SSSR count). The third-order valence-electron chi connectivity index (χ3n) is 4.54. The van der Waals surface area contributed by atoms with Crippen molar-refractivity contribution in [2.24, 2.45) is 11.7 Å². The van der Waals surface area contributed by atoms with Gasteiger partial charge >= 0.3 is 0 Å². The van der Waals surface area contributed by atoms with Crippen molar-refractivity contribution < 1.29 is 18.4 Å². The molecule has 1 aliphatic heterocycles. The Hall–Kier alpha value is -2.67. The van der Waals surface area contributed by atoms with E-state index in [0.29, 0.717) is 25.2 Å². The van der Waals surface area contributed by atoms with Crippen LogP contribution in [0.3, 0.4) is 0 Å². The fraction of sp³-hybridized carbons (Fsp3) is 0.263. The number of nitrogens with two attached hydrogens (primary N) is 1. The maximum Gasteiger partial charge on any atom is 0.258 e. The monoisotopic (exact) mass is 393 g/mol. The minimum Gasteiger partial charge on any atom is -0.369 e. The van der Waals surface area contributed by atoms with Crippen molar-refractivity contribution in [2.45, 2.75) is 12.8 Å². The SMILES string of the molecule is NC(=O)C1CCCN(c2ccc(NC(=O)c3cc(Cl)ccc3F)cc2F)C1. The van der Waals surface area contributed by atoms with Crippen molar-refractivity contribution >= 4 is 34.8 Å². The highest BCUT2D eigenvalue weighted by atomic mass is 35.5. The smallest absolute Gasteiger partial charge is 0.258 e. The summed E-state index contributed by atoms with van der Waals surface area (Å²) in [6.45, 7) is 0.964. The number of piperidine rings is 1. The van der Waals surface area contributed by atoms with Crippen molar-refractivity contribution in [2.75, 3.05) is 23.3 Å². The fourth-order valence-electron chi connectivity index (χ4n) is 3.14. The number of primary amides is 1. The Bertz CT molecular complexity index is 891. The zero-order chi connectivity index (χ0) is 19.6. The Morgan fingerprint density at radius 1 is 1.15 bits per heavy atom. The minimum atomic E-state index is -0.728. The summed E-state index contributed by atoms with van der Waals surface area (Å²) in [4.78, 5) is 25.4. The summed E-state index contributed by atoms with van der Waals surface area (Å²) in [7, 11) is 0. The van der Waals surface area contributed by atoms with Crippen LogP contribution in [-0.4, -0.2) is 24.9 Å². The molecule has 142 valence electrons. The summed E-state index contributed by atoms with van der Waals surface area (Å²) in [5.41, 5.74) is 5.64. The van der Waals surface area contributed by atoms with Crippen LogP contribution in [0.15, 0.2) is 36.4 Å². The van der Waals surface area contributed by atoms with E-state index < -0.39 is 23.4 Å². The van der Waals surface area contributed by atoms with Crippen molar-refractivity contribution in [3.05, 3.63) is 58.6 Å². The van der Waals surface area contributed by atoms with Gasteiger partial charge in [0.15, 0.2) is 0 Å². The summed E-state index contributed by atoms with van der Waals surface area (Å²) < 4.78 is 28.3. The minimum absolute atomic E-state index is 0.184. The summed E-state index contributed by atoms with van der Waals surface area (Å²) in [6.07, 6.45) is 1.42. The summed E-state index contributed by atoms with van der Waals surface area (Å²) in [5, 5.41) is 2.67. The molecule has 0 aromatic heterocycles. The van der Waals surface area contributed by atoms with E-state index in [2.05, 4.69) is 5.32 Å². The Morgan fingerprint density at radius 2 is 1.93 bits per heavy atom. The number of carbonyl (C=O) groups excluding carboxylic acids is 2. The Labute approximate surface area is 160 Å². The number of anilines is 2. The first-order valence-corrected chi connectivity index (χ1v) is 8.83. The predicted molar refractivity (Wildman–Crippen MR) is 99.9 cm³/mol. The lowest BCUT2D eigenvalue weighted by molar-refractivity contribution is -0.122. The van der Waals surface area contributed by atoms with E-state index in [1.54, 1.807) is 4.90 Å². The van der Waals surface area contributed by atoms with E-state index in [0.717, 1.165) is 18.6 Å². The second-order valence-corrected chi connectivity index (χ2v) is 6.87. The third kappa shape index (κ3) is 4.36. The van der Waals surface area contributed by atoms with Crippen LogP contribution in [0.2, 0.25) is 5.02 Å². The second kappa shape index (κ2) is 7.92. The van der Waals surface area contributed by atoms with Crippen molar-refractivity contribution in [3.8, 4) is 0 Å². The number of carbonyl (C=O) groups is 2. The first-order chi connectivity index (χ1) is 12.8. The van der Waals surface area contributed by atoms with Gasteiger partial charge in [-0.1, -0.05) is 11.6 Å². The number of amides is 2. The average molecular weight is 394 g/mol. The Balaban J connectivity index is 1.76. The van der Waals surface area contributed by atoms with Crippen LogP contribution < -0.4 is 16.0 Å². The Morgan fingerprint density at radius 3 is 2.63 bits per heavy atom. The number of rotatable bonds is 4. The maximum atomic E-state index is 14.6. The molecule has 2 aromatic carbocycles. The first kappa shape index (κ1) is 19.1. The van der Waals surface area contributed by atoms with Crippen LogP contribution in [0.1, 0.15) is 23.2 Å². The molecule has 2 aromatic rings. The van der Waals surface area contributed by atoms with Gasteiger partial charge in [-0.25, -0.2) is 8.78 Å². The molecule has 0 bridgehead atoms. The van der Waals surface area contributed by atoms with E-state index in [4.69, 9.17) is 17.3 Å². The van der Waals surface area contributed by atoms with Crippen molar-refractivity contribution in [1.82, 2.24) is 0 Å². The van der Waals surface area contributed by atoms with Gasteiger partial charge in [0, 0.05) is 23.8 Å². The lowest BCUT2D eigenvalue weighted by Crippen LogP contribution is -2.41. The number of nitrogens with zero attached hydrogens (tertiary/aromatic N) is 1. The van der Waals surface area contributed by atoms with Gasteiger partial charge in [0.2, 0.25) is 5.91 Å². The van der Waals surface area contributed by atoms with Crippen LogP contribution in [0.25, 0.3) is 0 Å². The number of hydrogen-bond donors (Lipinski definition) is 2. The third-order valence-corrected chi connectivity index (χ3v) is 4.78. The highest BCUT2D eigenvalue weighted by molar-refractivity contribution is 6.31. The van der Waals surface area contributed by atoms with Crippen LogP contribution in [-0.2, 0) is 4.79 Å². The lowest BCUT2D eigenvalue weighted by atomic mass is 9.97. The molecule has 1 saturated heterocycles. The molecule has 0 aliphatic carbocycles. The van der Waals surface area contributed by atoms with Gasteiger partial charge in [-0.15, -0.1) is 0 Å². The standard InChI is InChI=1S/C19H18ClF2N3O2/c20-12-3-5-15(21)14(8-12)19(27)24-13-4-6-17(16(22)9-13)25-7-1-2-11(10-25)18(23)26/h3-6,8-9,11H,1-2,7,10H2,(H2,23,26)(H,24,27). The molecule has 5 nitrogen and oxygen atoms in total. The molecular weight excluding hydrogens is 376 g/mol. The van der Waals surface area contributed by atoms with Crippen molar-refractivity contribution in [3.63, 3.8) is 0 Å². The van der Waals surface area contributed by atoms with Gasteiger partial charge in [0.25, 0.3) is 5.91 Å². The van der Waals surface area contributed by atoms with Crippen LogP contribution in [0.4, 0.5) is 20.2 Å². The normalized spacial score (nSPS) is 16.9. The zero-order valence-electron chi connectivity index (χ0n) is 14.3. The molecule has 2 amide bonds. The van der Waals surface area contributed by atoms with Gasteiger partial charge in [-0.3, -0.25) is 9.59 Å². The molecule has 0 spiro atoms. The molecule has 0 saturated carbocycles.